The molecule has 2 radical (unpaired) electrons. The molecular formula is C21H20Li2. The number of fused-ring (bicyclic) bond motifs is 2. The molecule has 0 fully saturated rings. The van der Waals surface area contributed by atoms with Crippen LogP contribution < -0.4 is 0 Å². The summed E-state index contributed by atoms with van der Waals surface area (Å²) in [4.78, 5) is 0. The summed E-state index contributed by atoms with van der Waals surface area (Å²) in [5.41, 5.74) is 5.88. The third kappa shape index (κ3) is 2.95. The van der Waals surface area contributed by atoms with Crippen molar-refractivity contribution >= 4 is 49.9 Å². The fourth-order valence-corrected chi connectivity index (χ4v) is 3.99. The SMILES string of the molecule is CC(C)(C1C=Cc2ccccc21)C1C=Cc2ccccc21.[Li].[Li]. The molecule has 0 saturated carbocycles. The molecule has 0 N–H and O–H groups in total. The molecule has 2 heteroatoms. The van der Waals surface area contributed by atoms with Crippen LogP contribution in [0.3, 0.4) is 0 Å². The van der Waals surface area contributed by atoms with Gasteiger partial charge in [0.2, 0.25) is 0 Å². The van der Waals surface area contributed by atoms with E-state index < -0.39 is 0 Å². The van der Waals surface area contributed by atoms with Crippen LogP contribution in [0.5, 0.6) is 0 Å². The Kier molecular flexibility index (Phi) is 5.56. The van der Waals surface area contributed by atoms with Crippen LogP contribution in [0.1, 0.15) is 47.9 Å². The summed E-state index contributed by atoms with van der Waals surface area (Å²) in [6, 6.07) is 17.6. The molecule has 0 saturated heterocycles. The van der Waals surface area contributed by atoms with Gasteiger partial charge in [-0.15, -0.1) is 0 Å². The van der Waals surface area contributed by atoms with E-state index >= 15 is 0 Å². The average Bonchev–Trinajstić information content (AvgIpc) is 3.12. The molecule has 0 bridgehead atoms. The van der Waals surface area contributed by atoms with Gasteiger partial charge in [0.05, 0.1) is 0 Å². The summed E-state index contributed by atoms with van der Waals surface area (Å²) in [6.45, 7) is 4.81. The Bertz CT molecular complexity index is 692. The molecule has 0 nitrogen and oxygen atoms in total. The molecule has 23 heavy (non-hydrogen) atoms. The molecule has 0 spiro atoms. The minimum atomic E-state index is 0. The predicted molar refractivity (Wildman–Crippen MR) is 102 cm³/mol. The van der Waals surface area contributed by atoms with E-state index in [4.69, 9.17) is 0 Å². The van der Waals surface area contributed by atoms with E-state index in [0.29, 0.717) is 11.8 Å². The molecule has 2 unspecified atom stereocenters. The average molecular weight is 286 g/mol. The minimum Gasteiger partial charge on any atom is -0.0758 e. The van der Waals surface area contributed by atoms with E-state index in [1.165, 1.54) is 22.3 Å². The van der Waals surface area contributed by atoms with Gasteiger partial charge in [-0.25, -0.2) is 0 Å². The molecule has 2 aromatic carbocycles. The van der Waals surface area contributed by atoms with Crippen LogP contribution in [0.15, 0.2) is 60.7 Å². The third-order valence-electron chi connectivity index (χ3n) is 5.20. The molecule has 2 aliphatic rings. The summed E-state index contributed by atoms with van der Waals surface area (Å²) >= 11 is 0. The van der Waals surface area contributed by atoms with Gasteiger partial charge >= 0.3 is 0 Å². The normalized spacial score (nSPS) is 20.4. The molecule has 2 aliphatic carbocycles. The van der Waals surface area contributed by atoms with Crippen LogP contribution in [0.2, 0.25) is 0 Å². The molecule has 2 atom stereocenters. The predicted octanol–water partition coefficient (Wildman–Crippen LogP) is 4.87. The zero-order valence-electron chi connectivity index (χ0n) is 14.6. The Hall–Kier alpha value is -0.885. The van der Waals surface area contributed by atoms with E-state index in [2.05, 4.69) is 86.7 Å². The fraction of sp³-hybridized carbons (Fsp3) is 0.238. The van der Waals surface area contributed by atoms with Gasteiger partial charge in [0.15, 0.2) is 0 Å². The molecule has 0 amide bonds. The first kappa shape index (κ1) is 18.5. The monoisotopic (exact) mass is 286 g/mol. The van der Waals surface area contributed by atoms with Gasteiger partial charge in [-0.3, -0.25) is 0 Å². The second kappa shape index (κ2) is 6.93. The zero-order chi connectivity index (χ0) is 14.4. The van der Waals surface area contributed by atoms with Crippen molar-refractivity contribution in [2.75, 3.05) is 0 Å². The van der Waals surface area contributed by atoms with E-state index in [9.17, 15) is 0 Å². The van der Waals surface area contributed by atoms with Crippen molar-refractivity contribution in [2.24, 2.45) is 5.41 Å². The van der Waals surface area contributed by atoms with Gasteiger partial charge < -0.3 is 0 Å². The van der Waals surface area contributed by atoms with Crippen LogP contribution in [-0.2, 0) is 0 Å². The Morgan fingerprint density at radius 1 is 0.652 bits per heavy atom. The summed E-state index contributed by atoms with van der Waals surface area (Å²) in [5, 5.41) is 0. The van der Waals surface area contributed by atoms with Crippen LogP contribution >= 0.6 is 0 Å². The number of hydrogen-bond acceptors (Lipinski definition) is 0. The van der Waals surface area contributed by atoms with Crippen molar-refractivity contribution in [3.8, 4) is 0 Å². The second-order valence-corrected chi connectivity index (χ2v) is 6.75. The van der Waals surface area contributed by atoms with Crippen molar-refractivity contribution < 1.29 is 0 Å². The first-order valence-corrected chi connectivity index (χ1v) is 7.72. The summed E-state index contributed by atoms with van der Waals surface area (Å²) in [7, 11) is 0. The van der Waals surface area contributed by atoms with E-state index in [1.807, 2.05) is 0 Å². The second-order valence-electron chi connectivity index (χ2n) is 6.75. The maximum absolute atomic E-state index is 2.40. The summed E-state index contributed by atoms with van der Waals surface area (Å²) < 4.78 is 0. The van der Waals surface area contributed by atoms with Gasteiger partial charge in [-0.1, -0.05) is 86.7 Å². The van der Waals surface area contributed by atoms with Crippen LogP contribution in [0, 0.1) is 5.41 Å². The number of rotatable bonds is 2. The first-order valence-electron chi connectivity index (χ1n) is 7.72. The van der Waals surface area contributed by atoms with Gasteiger partial charge in [-0.05, 0) is 27.7 Å². The van der Waals surface area contributed by atoms with Gasteiger partial charge in [0, 0.05) is 49.6 Å². The smallest absolute Gasteiger partial charge is 0.00872 e. The van der Waals surface area contributed by atoms with Crippen LogP contribution in [0.25, 0.3) is 12.2 Å². The topological polar surface area (TPSA) is 0 Å². The largest absolute Gasteiger partial charge is 0.0758 e. The molecule has 106 valence electrons. The van der Waals surface area contributed by atoms with Crippen molar-refractivity contribution in [1.29, 1.82) is 0 Å². The Morgan fingerprint density at radius 2 is 1.04 bits per heavy atom. The van der Waals surface area contributed by atoms with Crippen molar-refractivity contribution in [1.82, 2.24) is 0 Å². The molecule has 0 heterocycles. The van der Waals surface area contributed by atoms with E-state index in [0.717, 1.165) is 0 Å². The van der Waals surface area contributed by atoms with Crippen LogP contribution in [-0.4, -0.2) is 37.7 Å². The number of hydrogen-bond donors (Lipinski definition) is 0. The first-order chi connectivity index (χ1) is 10.2. The summed E-state index contributed by atoms with van der Waals surface area (Å²) in [6.07, 6.45) is 9.34. The van der Waals surface area contributed by atoms with Crippen molar-refractivity contribution in [3.05, 3.63) is 82.9 Å². The minimum absolute atomic E-state index is 0. The van der Waals surface area contributed by atoms with Crippen LogP contribution in [0.4, 0.5) is 0 Å². The van der Waals surface area contributed by atoms with Crippen molar-refractivity contribution in [3.63, 3.8) is 0 Å². The molecule has 0 aliphatic heterocycles. The molecule has 4 rings (SSSR count). The molecule has 0 aromatic heterocycles. The fourth-order valence-electron chi connectivity index (χ4n) is 3.99. The standard InChI is InChI=1S/C21H20.2Li/c1-21(2,19-13-11-15-7-3-5-9-17(15)19)20-14-12-16-8-4-6-10-18(16)20;;/h3-14,19-20H,1-2H3;;. The Balaban J connectivity index is 0.000000960. The number of benzene rings is 2. The summed E-state index contributed by atoms with van der Waals surface area (Å²) in [5.74, 6) is 0.962. The van der Waals surface area contributed by atoms with Gasteiger partial charge in [-0.2, -0.15) is 0 Å². The van der Waals surface area contributed by atoms with E-state index in [-0.39, 0.29) is 43.1 Å². The maximum atomic E-state index is 2.40. The number of allylic oxidation sites excluding steroid dienone is 2. The quantitative estimate of drug-likeness (QED) is 0.691. The molecular weight excluding hydrogens is 266 g/mol. The Labute approximate surface area is 163 Å². The third-order valence-corrected chi connectivity index (χ3v) is 5.20. The van der Waals surface area contributed by atoms with Gasteiger partial charge in [0.1, 0.15) is 0 Å². The zero-order valence-corrected chi connectivity index (χ0v) is 14.6. The maximum Gasteiger partial charge on any atom is 0.00872 e. The van der Waals surface area contributed by atoms with Crippen molar-refractivity contribution in [2.45, 2.75) is 25.7 Å². The van der Waals surface area contributed by atoms with E-state index in [1.54, 1.807) is 0 Å². The molecule has 2 aromatic rings. The van der Waals surface area contributed by atoms with Gasteiger partial charge in [0.25, 0.3) is 0 Å². The Morgan fingerprint density at radius 3 is 1.48 bits per heavy atom.